The van der Waals surface area contributed by atoms with E-state index in [-0.39, 0.29) is 11.6 Å². The van der Waals surface area contributed by atoms with Gasteiger partial charge in [-0.2, -0.15) is 0 Å². The molecule has 1 rings (SSSR count). The zero-order valence-corrected chi connectivity index (χ0v) is 5.64. The number of alkyl halides is 1. The average molecular weight is 145 g/mol. The van der Waals surface area contributed by atoms with Crippen LogP contribution >= 0.6 is 0 Å². The smallest absolute Gasteiger partial charge is 0.129 e. The number of halogens is 2. The predicted molar refractivity (Wildman–Crippen MR) is 35.5 cm³/mol. The van der Waals surface area contributed by atoms with Crippen LogP contribution < -0.4 is 5.73 Å². The Morgan fingerprint density at radius 3 is 2.70 bits per heavy atom. The molecule has 0 fully saturated rings. The maximum absolute atomic E-state index is 12.6. The molecule has 1 nitrogen and oxygen atoms in total. The van der Waals surface area contributed by atoms with Crippen molar-refractivity contribution in [3.05, 3.63) is 23.7 Å². The minimum absolute atomic E-state index is 0.271. The van der Waals surface area contributed by atoms with Crippen LogP contribution in [0.15, 0.2) is 23.7 Å². The van der Waals surface area contributed by atoms with Gasteiger partial charge in [-0.1, -0.05) is 6.92 Å². The Labute approximate surface area is 58.2 Å². The van der Waals surface area contributed by atoms with E-state index in [0.717, 1.165) is 12.2 Å². The van der Waals surface area contributed by atoms with E-state index in [1.807, 2.05) is 0 Å². The lowest BCUT2D eigenvalue weighted by molar-refractivity contribution is 0.314. The molecule has 1 aliphatic rings. The lowest BCUT2D eigenvalue weighted by atomic mass is 9.97. The molecule has 0 radical (unpaired) electrons. The Bertz CT molecular complexity index is 196. The molecule has 0 heterocycles. The SMILES string of the molecule is CC1C(N)=CC(F)=C[C@@H]1F. The molecule has 0 spiro atoms. The van der Waals surface area contributed by atoms with Crippen LogP contribution in [0.3, 0.4) is 0 Å². The average Bonchev–Trinajstić information content (AvgIpc) is 1.82. The molecule has 1 aliphatic carbocycles. The van der Waals surface area contributed by atoms with Crippen molar-refractivity contribution in [2.45, 2.75) is 13.1 Å². The first kappa shape index (κ1) is 7.25. The summed E-state index contributed by atoms with van der Waals surface area (Å²) in [4.78, 5) is 0. The van der Waals surface area contributed by atoms with Crippen LogP contribution in [0.5, 0.6) is 0 Å². The Hall–Kier alpha value is -0.860. The molecule has 0 aromatic heterocycles. The van der Waals surface area contributed by atoms with Gasteiger partial charge in [-0.05, 0) is 12.2 Å². The fraction of sp³-hybridized carbons (Fsp3) is 0.429. The molecule has 0 aliphatic heterocycles. The van der Waals surface area contributed by atoms with E-state index in [0.29, 0.717) is 0 Å². The third-order valence-corrected chi connectivity index (χ3v) is 1.63. The summed E-state index contributed by atoms with van der Waals surface area (Å²) in [5.74, 6) is -0.970. The van der Waals surface area contributed by atoms with E-state index in [2.05, 4.69) is 0 Å². The number of rotatable bonds is 0. The highest BCUT2D eigenvalue weighted by molar-refractivity contribution is 5.25. The van der Waals surface area contributed by atoms with Gasteiger partial charge in [-0.3, -0.25) is 0 Å². The molecule has 0 bridgehead atoms. The summed E-state index contributed by atoms with van der Waals surface area (Å²) in [6, 6.07) is 0. The highest BCUT2D eigenvalue weighted by Crippen LogP contribution is 2.23. The zero-order chi connectivity index (χ0) is 7.72. The van der Waals surface area contributed by atoms with Crippen LogP contribution in [0.2, 0.25) is 0 Å². The van der Waals surface area contributed by atoms with Crippen molar-refractivity contribution in [3.63, 3.8) is 0 Å². The van der Waals surface area contributed by atoms with Crippen LogP contribution in [0, 0.1) is 5.92 Å². The molecule has 2 N–H and O–H groups in total. The lowest BCUT2D eigenvalue weighted by Crippen LogP contribution is -2.21. The maximum atomic E-state index is 12.6. The van der Waals surface area contributed by atoms with Gasteiger partial charge < -0.3 is 5.73 Å². The molecule has 0 saturated heterocycles. The molecule has 0 aromatic carbocycles. The van der Waals surface area contributed by atoms with Gasteiger partial charge in [0.2, 0.25) is 0 Å². The van der Waals surface area contributed by atoms with Crippen molar-refractivity contribution in [2.24, 2.45) is 11.7 Å². The first-order chi connectivity index (χ1) is 4.61. The van der Waals surface area contributed by atoms with Crippen molar-refractivity contribution in [3.8, 4) is 0 Å². The summed E-state index contributed by atoms with van der Waals surface area (Å²) < 4.78 is 25.0. The van der Waals surface area contributed by atoms with Gasteiger partial charge in [-0.25, -0.2) is 8.78 Å². The van der Waals surface area contributed by atoms with Crippen LogP contribution in [0.4, 0.5) is 8.78 Å². The minimum Gasteiger partial charge on any atom is -0.402 e. The van der Waals surface area contributed by atoms with Crippen molar-refractivity contribution in [2.75, 3.05) is 0 Å². The number of hydrogen-bond acceptors (Lipinski definition) is 1. The van der Waals surface area contributed by atoms with E-state index in [1.165, 1.54) is 0 Å². The summed E-state index contributed by atoms with van der Waals surface area (Å²) in [5, 5.41) is 0. The van der Waals surface area contributed by atoms with Gasteiger partial charge in [0.05, 0.1) is 0 Å². The largest absolute Gasteiger partial charge is 0.402 e. The van der Waals surface area contributed by atoms with Gasteiger partial charge in [0.1, 0.15) is 12.0 Å². The standard InChI is InChI=1S/C7H9F2N/c1-4-6(9)2-5(8)3-7(4)10/h2-4,6H,10H2,1H3/t4?,6-/m0/s1. The topological polar surface area (TPSA) is 26.0 Å². The molecular weight excluding hydrogens is 136 g/mol. The molecule has 0 saturated carbocycles. The molecule has 56 valence electrons. The molecule has 2 atom stereocenters. The Balaban J connectivity index is 2.85. The minimum atomic E-state index is -1.27. The lowest BCUT2D eigenvalue weighted by Gasteiger charge is -2.17. The van der Waals surface area contributed by atoms with Gasteiger partial charge in [0.25, 0.3) is 0 Å². The van der Waals surface area contributed by atoms with Gasteiger partial charge in [0, 0.05) is 11.6 Å². The van der Waals surface area contributed by atoms with Crippen LogP contribution in [0.1, 0.15) is 6.92 Å². The Morgan fingerprint density at radius 2 is 2.20 bits per heavy atom. The third-order valence-electron chi connectivity index (χ3n) is 1.63. The van der Waals surface area contributed by atoms with Crippen molar-refractivity contribution in [1.82, 2.24) is 0 Å². The normalized spacial score (nSPS) is 33.1. The van der Waals surface area contributed by atoms with Crippen molar-refractivity contribution < 1.29 is 8.78 Å². The van der Waals surface area contributed by atoms with Gasteiger partial charge in [0.15, 0.2) is 0 Å². The monoisotopic (exact) mass is 145 g/mol. The second-order valence-electron chi connectivity index (χ2n) is 2.43. The molecular formula is C7H9F2N. The molecule has 10 heavy (non-hydrogen) atoms. The molecule has 3 heteroatoms. The van der Waals surface area contributed by atoms with Gasteiger partial charge >= 0.3 is 0 Å². The fourth-order valence-electron chi connectivity index (χ4n) is 0.819. The van der Waals surface area contributed by atoms with Crippen molar-refractivity contribution >= 4 is 0 Å². The third kappa shape index (κ3) is 1.17. The van der Waals surface area contributed by atoms with E-state index >= 15 is 0 Å². The van der Waals surface area contributed by atoms with Crippen LogP contribution in [0.25, 0.3) is 0 Å². The second-order valence-corrected chi connectivity index (χ2v) is 2.43. The number of nitrogens with two attached hydrogens (primary N) is 1. The summed E-state index contributed by atoms with van der Waals surface area (Å²) in [7, 11) is 0. The molecule has 0 aromatic rings. The quantitative estimate of drug-likeness (QED) is 0.551. The van der Waals surface area contributed by atoms with Gasteiger partial charge in [-0.15, -0.1) is 0 Å². The summed E-state index contributed by atoms with van der Waals surface area (Å²) in [5.41, 5.74) is 5.57. The predicted octanol–water partition coefficient (Wildman–Crippen LogP) is 1.67. The first-order valence-corrected chi connectivity index (χ1v) is 3.09. The summed E-state index contributed by atoms with van der Waals surface area (Å²) in [6.45, 7) is 1.62. The molecule has 0 amide bonds. The van der Waals surface area contributed by atoms with Crippen molar-refractivity contribution in [1.29, 1.82) is 0 Å². The highest BCUT2D eigenvalue weighted by Gasteiger charge is 2.21. The second kappa shape index (κ2) is 2.40. The Morgan fingerprint density at radius 1 is 1.60 bits per heavy atom. The highest BCUT2D eigenvalue weighted by atomic mass is 19.1. The Kier molecular flexibility index (Phi) is 1.74. The molecule has 1 unspecified atom stereocenters. The van der Waals surface area contributed by atoms with E-state index < -0.39 is 12.0 Å². The number of hydrogen-bond donors (Lipinski definition) is 1. The van der Waals surface area contributed by atoms with Crippen LogP contribution in [-0.4, -0.2) is 6.17 Å². The van der Waals surface area contributed by atoms with E-state index in [9.17, 15) is 8.78 Å². The fourth-order valence-corrected chi connectivity index (χ4v) is 0.819. The number of allylic oxidation sites excluding steroid dienone is 4. The maximum Gasteiger partial charge on any atom is 0.129 e. The summed E-state index contributed by atoms with van der Waals surface area (Å²) >= 11 is 0. The summed E-state index contributed by atoms with van der Waals surface area (Å²) in [6.07, 6.45) is 0.812. The first-order valence-electron chi connectivity index (χ1n) is 3.09. The van der Waals surface area contributed by atoms with E-state index in [4.69, 9.17) is 5.73 Å². The zero-order valence-electron chi connectivity index (χ0n) is 5.64. The van der Waals surface area contributed by atoms with Crippen LogP contribution in [-0.2, 0) is 0 Å². The van der Waals surface area contributed by atoms with E-state index in [1.54, 1.807) is 6.92 Å².